The Morgan fingerprint density at radius 3 is 2.67 bits per heavy atom. The van der Waals surface area contributed by atoms with E-state index in [9.17, 15) is 4.79 Å². The number of nitrogens with one attached hydrogen (secondary N) is 2. The van der Waals surface area contributed by atoms with E-state index < -0.39 is 0 Å². The summed E-state index contributed by atoms with van der Waals surface area (Å²) in [6.45, 7) is 2.59. The highest BCUT2D eigenvalue weighted by Crippen LogP contribution is 2.26. The van der Waals surface area contributed by atoms with Crippen LogP contribution in [0.15, 0.2) is 42.5 Å². The number of aromatic amines is 1. The van der Waals surface area contributed by atoms with Crippen LogP contribution < -0.4 is 5.32 Å². The van der Waals surface area contributed by atoms with Gasteiger partial charge in [-0.05, 0) is 54.3 Å². The molecule has 0 unspecified atom stereocenters. The van der Waals surface area contributed by atoms with Crippen LogP contribution in [0, 0.1) is 0 Å². The van der Waals surface area contributed by atoms with E-state index in [-0.39, 0.29) is 5.91 Å². The molecule has 0 aliphatic heterocycles. The van der Waals surface area contributed by atoms with E-state index in [1.165, 1.54) is 0 Å². The molecule has 3 rings (SSSR count). The second-order valence-corrected chi connectivity index (χ2v) is 6.53. The third-order valence-corrected chi connectivity index (χ3v) is 4.51. The van der Waals surface area contributed by atoms with Crippen LogP contribution in [0.3, 0.4) is 0 Å². The summed E-state index contributed by atoms with van der Waals surface area (Å²) in [5, 5.41) is 5.35. The van der Waals surface area contributed by atoms with Crippen molar-refractivity contribution in [2.45, 2.75) is 19.8 Å². The summed E-state index contributed by atoms with van der Waals surface area (Å²) >= 11 is 12.1. The maximum atomic E-state index is 12.5. The fourth-order valence-corrected chi connectivity index (χ4v) is 3.27. The minimum atomic E-state index is -0.0961. The van der Waals surface area contributed by atoms with Crippen molar-refractivity contribution in [1.29, 1.82) is 0 Å². The first-order chi connectivity index (χ1) is 11.6. The number of benzene rings is 2. The fraction of sp³-hybridized carbons (Fsp3) is 0.211. The van der Waals surface area contributed by atoms with Gasteiger partial charge >= 0.3 is 0 Å². The van der Waals surface area contributed by atoms with E-state index in [1.54, 1.807) is 0 Å². The molecule has 1 heterocycles. The summed E-state index contributed by atoms with van der Waals surface area (Å²) < 4.78 is 0. The minimum absolute atomic E-state index is 0.0961. The molecule has 124 valence electrons. The average Bonchev–Trinajstić information content (AvgIpc) is 2.92. The van der Waals surface area contributed by atoms with Gasteiger partial charge in [0.15, 0.2) is 0 Å². The molecule has 3 nitrogen and oxygen atoms in total. The molecule has 0 aliphatic rings. The SMILES string of the molecule is CCc1c(C(=O)NCCc2cccc(Cl)c2)[nH]c2ccc(Cl)cc12. The van der Waals surface area contributed by atoms with Gasteiger partial charge in [0.25, 0.3) is 5.91 Å². The smallest absolute Gasteiger partial charge is 0.268 e. The van der Waals surface area contributed by atoms with Gasteiger partial charge < -0.3 is 10.3 Å². The summed E-state index contributed by atoms with van der Waals surface area (Å²) in [5.74, 6) is -0.0961. The Labute approximate surface area is 151 Å². The summed E-state index contributed by atoms with van der Waals surface area (Å²) in [4.78, 5) is 15.7. The largest absolute Gasteiger partial charge is 0.350 e. The predicted octanol–water partition coefficient (Wildman–Crippen LogP) is 5.01. The lowest BCUT2D eigenvalue weighted by atomic mass is 10.1. The minimum Gasteiger partial charge on any atom is -0.350 e. The van der Waals surface area contributed by atoms with Gasteiger partial charge in [0.05, 0.1) is 0 Å². The molecule has 0 aliphatic carbocycles. The van der Waals surface area contributed by atoms with Crippen LogP contribution in [0.5, 0.6) is 0 Å². The number of aromatic nitrogens is 1. The number of aryl methyl sites for hydroxylation is 1. The number of rotatable bonds is 5. The number of halogens is 2. The van der Waals surface area contributed by atoms with Gasteiger partial charge in [0, 0.05) is 27.5 Å². The number of carbonyl (C=O) groups is 1. The average molecular weight is 361 g/mol. The first kappa shape index (κ1) is 16.9. The Bertz CT molecular complexity index is 886. The van der Waals surface area contributed by atoms with Crippen molar-refractivity contribution < 1.29 is 4.79 Å². The molecule has 2 N–H and O–H groups in total. The third kappa shape index (κ3) is 3.58. The Hall–Kier alpha value is -1.97. The van der Waals surface area contributed by atoms with Gasteiger partial charge in [-0.15, -0.1) is 0 Å². The maximum absolute atomic E-state index is 12.5. The topological polar surface area (TPSA) is 44.9 Å². The van der Waals surface area contributed by atoms with Gasteiger partial charge in [-0.2, -0.15) is 0 Å². The molecule has 2 aromatic carbocycles. The molecule has 3 aromatic rings. The monoisotopic (exact) mass is 360 g/mol. The molecule has 0 saturated heterocycles. The second kappa shape index (κ2) is 7.29. The van der Waals surface area contributed by atoms with Crippen LogP contribution in [0.4, 0.5) is 0 Å². The molecule has 24 heavy (non-hydrogen) atoms. The van der Waals surface area contributed by atoms with Crippen LogP contribution >= 0.6 is 23.2 Å². The van der Waals surface area contributed by atoms with Gasteiger partial charge in [-0.25, -0.2) is 0 Å². The summed E-state index contributed by atoms with van der Waals surface area (Å²) in [6, 6.07) is 13.3. The molecular formula is C19H18Cl2N2O. The molecule has 0 atom stereocenters. The highest BCUT2D eigenvalue weighted by atomic mass is 35.5. The third-order valence-electron chi connectivity index (χ3n) is 4.04. The van der Waals surface area contributed by atoms with Gasteiger partial charge in [-0.3, -0.25) is 4.79 Å². The zero-order valence-electron chi connectivity index (χ0n) is 13.3. The summed E-state index contributed by atoms with van der Waals surface area (Å²) in [6.07, 6.45) is 1.50. The predicted molar refractivity (Wildman–Crippen MR) is 100 cm³/mol. The van der Waals surface area contributed by atoms with E-state index in [0.29, 0.717) is 22.3 Å². The number of carbonyl (C=O) groups excluding carboxylic acids is 1. The van der Waals surface area contributed by atoms with Gasteiger partial charge in [0.2, 0.25) is 0 Å². The Balaban J connectivity index is 1.74. The second-order valence-electron chi connectivity index (χ2n) is 5.66. The number of amides is 1. The van der Waals surface area contributed by atoms with Gasteiger partial charge in [0.1, 0.15) is 5.69 Å². The molecule has 0 fully saturated rings. The van der Waals surface area contributed by atoms with Crippen LogP contribution in [-0.4, -0.2) is 17.4 Å². The van der Waals surface area contributed by atoms with Crippen LogP contribution in [-0.2, 0) is 12.8 Å². The van der Waals surface area contributed by atoms with E-state index in [0.717, 1.165) is 34.9 Å². The quantitative estimate of drug-likeness (QED) is 0.659. The standard InChI is InChI=1S/C19H18Cl2N2O/c1-2-15-16-11-14(21)6-7-17(16)23-18(15)19(24)22-9-8-12-4-3-5-13(20)10-12/h3-7,10-11,23H,2,8-9H2,1H3,(H,22,24). The maximum Gasteiger partial charge on any atom is 0.268 e. The summed E-state index contributed by atoms with van der Waals surface area (Å²) in [7, 11) is 0. The molecule has 0 radical (unpaired) electrons. The van der Waals surface area contributed by atoms with Crippen molar-refractivity contribution in [2.75, 3.05) is 6.54 Å². The van der Waals surface area contributed by atoms with Crippen molar-refractivity contribution in [2.24, 2.45) is 0 Å². The first-order valence-electron chi connectivity index (χ1n) is 7.91. The van der Waals surface area contributed by atoms with Crippen molar-refractivity contribution in [3.63, 3.8) is 0 Å². The molecule has 5 heteroatoms. The van der Waals surface area contributed by atoms with Crippen LogP contribution in [0.1, 0.15) is 28.5 Å². The lowest BCUT2D eigenvalue weighted by Crippen LogP contribution is -2.26. The lowest BCUT2D eigenvalue weighted by Gasteiger charge is -2.06. The molecule has 1 aromatic heterocycles. The van der Waals surface area contributed by atoms with E-state index in [4.69, 9.17) is 23.2 Å². The van der Waals surface area contributed by atoms with Crippen molar-refractivity contribution >= 4 is 40.0 Å². The first-order valence-corrected chi connectivity index (χ1v) is 8.67. The lowest BCUT2D eigenvalue weighted by molar-refractivity contribution is 0.0949. The molecule has 0 spiro atoms. The van der Waals surface area contributed by atoms with Crippen LogP contribution in [0.25, 0.3) is 10.9 Å². The molecule has 1 amide bonds. The number of fused-ring (bicyclic) bond motifs is 1. The highest BCUT2D eigenvalue weighted by Gasteiger charge is 2.16. The van der Waals surface area contributed by atoms with Crippen LogP contribution in [0.2, 0.25) is 10.0 Å². The number of hydrogen-bond donors (Lipinski definition) is 2. The molecule has 0 bridgehead atoms. The Morgan fingerprint density at radius 1 is 1.12 bits per heavy atom. The van der Waals surface area contributed by atoms with E-state index in [1.807, 2.05) is 49.4 Å². The normalized spacial score (nSPS) is 11.0. The van der Waals surface area contributed by atoms with Crippen molar-refractivity contribution in [1.82, 2.24) is 10.3 Å². The highest BCUT2D eigenvalue weighted by molar-refractivity contribution is 6.31. The van der Waals surface area contributed by atoms with Gasteiger partial charge in [-0.1, -0.05) is 42.3 Å². The Morgan fingerprint density at radius 2 is 1.92 bits per heavy atom. The summed E-state index contributed by atoms with van der Waals surface area (Å²) in [5.41, 5.74) is 3.63. The van der Waals surface area contributed by atoms with E-state index >= 15 is 0 Å². The molecular weight excluding hydrogens is 343 g/mol. The Kier molecular flexibility index (Phi) is 5.12. The zero-order valence-corrected chi connectivity index (χ0v) is 14.8. The van der Waals surface area contributed by atoms with Crippen molar-refractivity contribution in [3.8, 4) is 0 Å². The number of hydrogen-bond acceptors (Lipinski definition) is 1. The van der Waals surface area contributed by atoms with E-state index in [2.05, 4.69) is 10.3 Å². The molecule has 0 saturated carbocycles. The zero-order chi connectivity index (χ0) is 17.1. The number of H-pyrrole nitrogens is 1. The fourth-order valence-electron chi connectivity index (χ4n) is 2.88. The van der Waals surface area contributed by atoms with Crippen molar-refractivity contribution in [3.05, 3.63) is 69.3 Å².